The van der Waals surface area contributed by atoms with Crippen LogP contribution in [0, 0.1) is 0 Å². The standard InChI is InChI=1S/C19H18FNO3/c20-19(18(23)24)10-11-21(13-19)17(22)16-9-5-4-8-15(16)12-14-6-2-1-3-7-14/h1-9H,10-13H2,(H,23,24). The van der Waals surface area contributed by atoms with Crippen LogP contribution in [-0.4, -0.2) is 40.6 Å². The van der Waals surface area contributed by atoms with Crippen LogP contribution in [0.2, 0.25) is 0 Å². The molecule has 1 aliphatic heterocycles. The fourth-order valence-corrected chi connectivity index (χ4v) is 2.99. The minimum atomic E-state index is -2.34. The van der Waals surface area contributed by atoms with Crippen LogP contribution in [0.5, 0.6) is 0 Å². The molecule has 2 aromatic carbocycles. The fourth-order valence-electron chi connectivity index (χ4n) is 2.99. The van der Waals surface area contributed by atoms with E-state index in [-0.39, 0.29) is 18.9 Å². The molecule has 1 atom stereocenters. The first-order valence-electron chi connectivity index (χ1n) is 7.83. The molecular weight excluding hydrogens is 309 g/mol. The molecule has 1 aliphatic rings. The first kappa shape index (κ1) is 16.2. The summed E-state index contributed by atoms with van der Waals surface area (Å²) in [5.74, 6) is -1.82. The van der Waals surface area contributed by atoms with Gasteiger partial charge in [-0.05, 0) is 23.6 Å². The Morgan fingerprint density at radius 2 is 1.75 bits per heavy atom. The Morgan fingerprint density at radius 1 is 1.08 bits per heavy atom. The van der Waals surface area contributed by atoms with Crippen molar-refractivity contribution in [3.8, 4) is 0 Å². The molecule has 1 unspecified atom stereocenters. The summed E-state index contributed by atoms with van der Waals surface area (Å²) in [6.45, 7) is -0.290. The lowest BCUT2D eigenvalue weighted by Crippen LogP contribution is -2.39. The van der Waals surface area contributed by atoms with E-state index in [0.29, 0.717) is 12.0 Å². The largest absolute Gasteiger partial charge is 0.479 e. The van der Waals surface area contributed by atoms with Crippen molar-refractivity contribution in [1.82, 2.24) is 4.90 Å². The van der Waals surface area contributed by atoms with Crippen molar-refractivity contribution in [3.05, 3.63) is 71.3 Å². The lowest BCUT2D eigenvalue weighted by atomic mass is 9.99. The number of aliphatic carboxylic acids is 1. The van der Waals surface area contributed by atoms with Crippen molar-refractivity contribution in [2.24, 2.45) is 0 Å². The molecular formula is C19H18FNO3. The predicted molar refractivity (Wildman–Crippen MR) is 87.7 cm³/mol. The van der Waals surface area contributed by atoms with Gasteiger partial charge >= 0.3 is 5.97 Å². The third-order valence-corrected chi connectivity index (χ3v) is 4.38. The smallest absolute Gasteiger partial charge is 0.343 e. The highest BCUT2D eigenvalue weighted by molar-refractivity contribution is 5.96. The first-order valence-corrected chi connectivity index (χ1v) is 7.83. The SMILES string of the molecule is O=C(c1ccccc1Cc1ccccc1)N1CCC(F)(C(=O)O)C1. The molecule has 1 N–H and O–H groups in total. The van der Waals surface area contributed by atoms with Gasteiger partial charge < -0.3 is 10.0 Å². The number of likely N-dealkylation sites (tertiary alicyclic amines) is 1. The average Bonchev–Trinajstić information content (AvgIpc) is 3.00. The molecule has 0 bridgehead atoms. The van der Waals surface area contributed by atoms with E-state index in [9.17, 15) is 14.0 Å². The van der Waals surface area contributed by atoms with Crippen LogP contribution in [0.25, 0.3) is 0 Å². The quantitative estimate of drug-likeness (QED) is 0.939. The maximum absolute atomic E-state index is 14.2. The highest BCUT2D eigenvalue weighted by atomic mass is 19.1. The van der Waals surface area contributed by atoms with Gasteiger partial charge in [0.2, 0.25) is 5.67 Å². The summed E-state index contributed by atoms with van der Waals surface area (Å²) < 4.78 is 14.2. The van der Waals surface area contributed by atoms with E-state index in [2.05, 4.69) is 0 Å². The number of rotatable bonds is 4. The number of amides is 1. The zero-order valence-electron chi connectivity index (χ0n) is 13.1. The molecule has 1 fully saturated rings. The Morgan fingerprint density at radius 3 is 2.42 bits per heavy atom. The van der Waals surface area contributed by atoms with Crippen LogP contribution in [0.1, 0.15) is 27.9 Å². The molecule has 3 rings (SSSR count). The molecule has 4 nitrogen and oxygen atoms in total. The van der Waals surface area contributed by atoms with Crippen LogP contribution < -0.4 is 0 Å². The molecule has 0 spiro atoms. The van der Waals surface area contributed by atoms with Gasteiger partial charge in [-0.25, -0.2) is 9.18 Å². The number of carboxylic acid groups (broad SMARTS) is 1. The second kappa shape index (κ2) is 6.43. The number of alkyl halides is 1. The zero-order valence-corrected chi connectivity index (χ0v) is 13.1. The molecule has 0 aromatic heterocycles. The number of halogens is 1. The number of benzene rings is 2. The van der Waals surface area contributed by atoms with E-state index in [1.165, 1.54) is 4.90 Å². The monoisotopic (exact) mass is 327 g/mol. The number of carboxylic acids is 1. The molecule has 0 saturated carbocycles. The van der Waals surface area contributed by atoms with Gasteiger partial charge in [-0.1, -0.05) is 48.5 Å². The molecule has 24 heavy (non-hydrogen) atoms. The molecule has 1 saturated heterocycles. The summed E-state index contributed by atoms with van der Waals surface area (Å²) >= 11 is 0. The van der Waals surface area contributed by atoms with E-state index in [1.807, 2.05) is 42.5 Å². The number of carbonyl (C=O) groups is 2. The highest BCUT2D eigenvalue weighted by Gasteiger charge is 2.47. The van der Waals surface area contributed by atoms with Crippen LogP contribution in [0.3, 0.4) is 0 Å². The second-order valence-corrected chi connectivity index (χ2v) is 6.07. The van der Waals surface area contributed by atoms with Gasteiger partial charge in [-0.2, -0.15) is 0 Å². The van der Waals surface area contributed by atoms with Crippen molar-refractivity contribution in [1.29, 1.82) is 0 Å². The van der Waals surface area contributed by atoms with E-state index in [4.69, 9.17) is 5.11 Å². The lowest BCUT2D eigenvalue weighted by Gasteiger charge is -2.19. The van der Waals surface area contributed by atoms with Crippen LogP contribution in [0.4, 0.5) is 4.39 Å². The van der Waals surface area contributed by atoms with Gasteiger partial charge in [0.15, 0.2) is 0 Å². The Balaban J connectivity index is 1.82. The van der Waals surface area contributed by atoms with E-state index < -0.39 is 18.2 Å². The zero-order chi connectivity index (χ0) is 17.2. The van der Waals surface area contributed by atoms with Crippen molar-refractivity contribution in [2.45, 2.75) is 18.5 Å². The highest BCUT2D eigenvalue weighted by Crippen LogP contribution is 2.28. The number of hydrogen-bond acceptors (Lipinski definition) is 2. The van der Waals surface area contributed by atoms with Crippen LogP contribution in [0.15, 0.2) is 54.6 Å². The fraction of sp³-hybridized carbons (Fsp3) is 0.263. The van der Waals surface area contributed by atoms with Gasteiger partial charge in [0.1, 0.15) is 0 Å². The van der Waals surface area contributed by atoms with Gasteiger partial charge in [0, 0.05) is 18.5 Å². The molecule has 1 amide bonds. The Bertz CT molecular complexity index is 762. The summed E-state index contributed by atoms with van der Waals surface area (Å²) in [7, 11) is 0. The summed E-state index contributed by atoms with van der Waals surface area (Å²) in [5, 5.41) is 8.98. The average molecular weight is 327 g/mol. The van der Waals surface area contributed by atoms with Gasteiger partial charge in [-0.3, -0.25) is 4.79 Å². The predicted octanol–water partition coefficient (Wildman–Crippen LogP) is 2.92. The van der Waals surface area contributed by atoms with Gasteiger partial charge in [0.25, 0.3) is 5.91 Å². The van der Waals surface area contributed by atoms with Crippen molar-refractivity contribution < 1.29 is 19.1 Å². The summed E-state index contributed by atoms with van der Waals surface area (Å²) in [4.78, 5) is 25.0. The van der Waals surface area contributed by atoms with Crippen molar-refractivity contribution in [2.75, 3.05) is 13.1 Å². The molecule has 124 valence electrons. The van der Waals surface area contributed by atoms with Crippen molar-refractivity contribution >= 4 is 11.9 Å². The number of nitrogens with zero attached hydrogens (tertiary/aromatic N) is 1. The van der Waals surface area contributed by atoms with Gasteiger partial charge in [0.05, 0.1) is 6.54 Å². The minimum Gasteiger partial charge on any atom is -0.479 e. The van der Waals surface area contributed by atoms with Gasteiger partial charge in [-0.15, -0.1) is 0 Å². The Kier molecular flexibility index (Phi) is 4.34. The van der Waals surface area contributed by atoms with E-state index >= 15 is 0 Å². The third kappa shape index (κ3) is 3.15. The normalized spacial score (nSPS) is 20.1. The maximum atomic E-state index is 14.2. The second-order valence-electron chi connectivity index (χ2n) is 6.07. The Hall–Kier alpha value is -2.69. The summed E-state index contributed by atoms with van der Waals surface area (Å²) in [5.41, 5.74) is 0.0743. The molecule has 2 aromatic rings. The summed E-state index contributed by atoms with van der Waals surface area (Å²) in [6.07, 6.45) is 0.422. The van der Waals surface area contributed by atoms with Crippen LogP contribution >= 0.6 is 0 Å². The maximum Gasteiger partial charge on any atom is 0.343 e. The molecule has 1 heterocycles. The molecule has 5 heteroatoms. The van der Waals surface area contributed by atoms with Crippen LogP contribution in [-0.2, 0) is 11.2 Å². The van der Waals surface area contributed by atoms with E-state index in [1.54, 1.807) is 12.1 Å². The topological polar surface area (TPSA) is 57.6 Å². The molecule has 0 radical (unpaired) electrons. The lowest BCUT2D eigenvalue weighted by molar-refractivity contribution is -0.149. The Labute approximate surface area is 139 Å². The third-order valence-electron chi connectivity index (χ3n) is 4.38. The van der Waals surface area contributed by atoms with Crippen molar-refractivity contribution in [3.63, 3.8) is 0 Å². The number of carbonyl (C=O) groups excluding carboxylic acids is 1. The number of hydrogen-bond donors (Lipinski definition) is 1. The summed E-state index contributed by atoms with van der Waals surface area (Å²) in [6, 6.07) is 17.0. The molecule has 0 aliphatic carbocycles. The van der Waals surface area contributed by atoms with E-state index in [0.717, 1.165) is 11.1 Å². The first-order chi connectivity index (χ1) is 11.5. The minimum absolute atomic E-state index is 0.112.